The van der Waals surface area contributed by atoms with E-state index >= 15 is 0 Å². The predicted molar refractivity (Wildman–Crippen MR) is 33.3 cm³/mol. The van der Waals surface area contributed by atoms with Crippen LogP contribution in [-0.2, 0) is 0 Å². The zero-order valence-electron chi connectivity index (χ0n) is 5.39. The zero-order chi connectivity index (χ0) is 6.97. The Bertz CT molecular complexity index is 352. The molecule has 0 N–H and O–H groups in total. The third-order valence-corrected chi connectivity index (χ3v) is 1.17. The van der Waals surface area contributed by atoms with Gasteiger partial charge in [0.15, 0.2) is 0 Å². The lowest BCUT2D eigenvalue weighted by atomic mass is 10.7. The summed E-state index contributed by atoms with van der Waals surface area (Å²) in [5.74, 6) is 1.30. The highest BCUT2D eigenvalue weighted by Gasteiger charge is 1.94. The number of hydrogen-bond donors (Lipinski definition) is 0. The molecule has 2 aromatic rings. The fourth-order valence-electron chi connectivity index (χ4n) is 0.717. The minimum atomic E-state index is 0.590. The van der Waals surface area contributed by atoms with Crippen molar-refractivity contribution in [1.82, 2.24) is 24.6 Å². The van der Waals surface area contributed by atoms with Crippen LogP contribution in [0.15, 0.2) is 12.7 Å². The van der Waals surface area contributed by atoms with Crippen molar-refractivity contribution >= 4 is 5.78 Å². The van der Waals surface area contributed by atoms with Crippen LogP contribution < -0.4 is 0 Å². The second kappa shape index (κ2) is 1.73. The van der Waals surface area contributed by atoms with Crippen LogP contribution in [0.4, 0.5) is 0 Å². The van der Waals surface area contributed by atoms with E-state index in [0.29, 0.717) is 11.6 Å². The average molecular weight is 135 g/mol. The first-order valence-corrected chi connectivity index (χ1v) is 2.85. The maximum Gasteiger partial charge on any atom is 0.255 e. The summed E-state index contributed by atoms with van der Waals surface area (Å²) in [6.45, 7) is 1.81. The smallest absolute Gasteiger partial charge is 0.222 e. The number of rotatable bonds is 0. The second-order valence-corrected chi connectivity index (χ2v) is 1.91. The van der Waals surface area contributed by atoms with Crippen molar-refractivity contribution in [3.05, 3.63) is 18.5 Å². The van der Waals surface area contributed by atoms with Gasteiger partial charge in [-0.25, -0.2) is 4.98 Å². The number of hydrogen-bond acceptors (Lipinski definition) is 4. The highest BCUT2D eigenvalue weighted by Crippen LogP contribution is 1.90. The van der Waals surface area contributed by atoms with E-state index in [4.69, 9.17) is 0 Å². The van der Waals surface area contributed by atoms with E-state index in [1.54, 1.807) is 6.33 Å². The number of aromatic nitrogens is 5. The Morgan fingerprint density at radius 3 is 3.20 bits per heavy atom. The van der Waals surface area contributed by atoms with Crippen molar-refractivity contribution in [1.29, 1.82) is 0 Å². The summed E-state index contributed by atoms with van der Waals surface area (Å²) in [4.78, 5) is 11.8. The topological polar surface area (TPSA) is 56.0 Å². The van der Waals surface area contributed by atoms with Crippen LogP contribution in [0.3, 0.4) is 0 Å². The largest absolute Gasteiger partial charge is 0.255 e. The molecule has 10 heavy (non-hydrogen) atoms. The molecule has 0 aliphatic heterocycles. The molecule has 0 radical (unpaired) electrons. The summed E-state index contributed by atoms with van der Waals surface area (Å²) in [6.07, 6.45) is 3.04. The van der Waals surface area contributed by atoms with Crippen molar-refractivity contribution in [3.8, 4) is 0 Å². The molecule has 0 bridgehead atoms. The fourth-order valence-corrected chi connectivity index (χ4v) is 0.717. The first kappa shape index (κ1) is 5.28. The van der Waals surface area contributed by atoms with Crippen LogP contribution in [0.5, 0.6) is 0 Å². The fraction of sp³-hybridized carbons (Fsp3) is 0.200. The standard InChI is InChI=1S/C5H5N5/c1-4-7-3-10-5(9-4)6-2-8-10/h2-3H,1H3. The molecule has 5 nitrogen and oxygen atoms in total. The summed E-state index contributed by atoms with van der Waals surface area (Å²) >= 11 is 0. The normalized spacial score (nSPS) is 10.5. The van der Waals surface area contributed by atoms with Gasteiger partial charge in [0.05, 0.1) is 0 Å². The predicted octanol–water partition coefficient (Wildman–Crippen LogP) is -0.172. The first-order valence-electron chi connectivity index (χ1n) is 2.85. The Labute approximate surface area is 56.8 Å². The molecule has 0 aliphatic rings. The van der Waals surface area contributed by atoms with E-state index in [2.05, 4.69) is 20.1 Å². The molecule has 2 rings (SSSR count). The lowest BCUT2D eigenvalue weighted by Gasteiger charge is -1.89. The molecule has 0 spiro atoms. The summed E-state index contributed by atoms with van der Waals surface area (Å²) in [6, 6.07) is 0. The number of fused-ring (bicyclic) bond motifs is 1. The molecular weight excluding hydrogens is 130 g/mol. The summed E-state index contributed by atoms with van der Waals surface area (Å²) < 4.78 is 1.52. The lowest BCUT2D eigenvalue weighted by Crippen LogP contribution is -1.95. The molecule has 0 unspecified atom stereocenters. The van der Waals surface area contributed by atoms with E-state index in [1.807, 2.05) is 6.92 Å². The molecule has 2 heterocycles. The van der Waals surface area contributed by atoms with Gasteiger partial charge in [0.1, 0.15) is 18.5 Å². The van der Waals surface area contributed by atoms with Gasteiger partial charge in [-0.15, -0.1) is 0 Å². The van der Waals surface area contributed by atoms with Gasteiger partial charge in [-0.3, -0.25) is 0 Å². The average Bonchev–Trinajstić information content (AvgIpc) is 2.33. The zero-order valence-corrected chi connectivity index (χ0v) is 5.39. The van der Waals surface area contributed by atoms with Gasteiger partial charge in [-0.1, -0.05) is 0 Å². The van der Waals surface area contributed by atoms with Crippen LogP contribution in [0.25, 0.3) is 5.78 Å². The van der Waals surface area contributed by atoms with Gasteiger partial charge in [0.2, 0.25) is 0 Å². The van der Waals surface area contributed by atoms with E-state index in [0.717, 1.165) is 0 Å². The lowest BCUT2D eigenvalue weighted by molar-refractivity contribution is 0.867. The molecule has 5 heteroatoms. The third kappa shape index (κ3) is 0.637. The second-order valence-electron chi connectivity index (χ2n) is 1.91. The molecule has 0 saturated heterocycles. The van der Waals surface area contributed by atoms with Crippen LogP contribution in [0, 0.1) is 6.92 Å². The van der Waals surface area contributed by atoms with Crippen LogP contribution in [0.1, 0.15) is 5.82 Å². The van der Waals surface area contributed by atoms with Crippen molar-refractivity contribution in [3.63, 3.8) is 0 Å². The summed E-state index contributed by atoms with van der Waals surface area (Å²) in [5, 5.41) is 3.84. The Kier molecular flexibility index (Phi) is 0.913. The van der Waals surface area contributed by atoms with Gasteiger partial charge in [-0.05, 0) is 6.92 Å². The van der Waals surface area contributed by atoms with Crippen molar-refractivity contribution in [2.75, 3.05) is 0 Å². The maximum atomic E-state index is 4.01. The Morgan fingerprint density at radius 2 is 2.30 bits per heavy atom. The van der Waals surface area contributed by atoms with Gasteiger partial charge >= 0.3 is 0 Å². The van der Waals surface area contributed by atoms with E-state index in [1.165, 1.54) is 10.8 Å². The maximum absolute atomic E-state index is 4.01. The number of nitrogens with zero attached hydrogens (tertiary/aromatic N) is 5. The van der Waals surface area contributed by atoms with Crippen molar-refractivity contribution < 1.29 is 0 Å². The molecule has 0 aromatic carbocycles. The minimum Gasteiger partial charge on any atom is -0.222 e. The minimum absolute atomic E-state index is 0.590. The number of aryl methyl sites for hydroxylation is 1. The molecule has 0 fully saturated rings. The first-order chi connectivity index (χ1) is 4.86. The van der Waals surface area contributed by atoms with Crippen LogP contribution >= 0.6 is 0 Å². The Balaban J connectivity index is 2.86. The van der Waals surface area contributed by atoms with Crippen LogP contribution in [-0.4, -0.2) is 24.6 Å². The molecule has 0 amide bonds. The Morgan fingerprint density at radius 1 is 1.40 bits per heavy atom. The molecular formula is C5H5N5. The summed E-state index contributed by atoms with van der Waals surface area (Å²) in [7, 11) is 0. The molecule has 0 aliphatic carbocycles. The molecule has 2 aromatic heterocycles. The summed E-state index contributed by atoms with van der Waals surface area (Å²) in [5.41, 5.74) is 0. The van der Waals surface area contributed by atoms with E-state index in [9.17, 15) is 0 Å². The molecule has 0 atom stereocenters. The highest BCUT2D eigenvalue weighted by atomic mass is 15.3. The molecule has 0 saturated carbocycles. The third-order valence-electron chi connectivity index (χ3n) is 1.17. The van der Waals surface area contributed by atoms with E-state index in [-0.39, 0.29) is 0 Å². The highest BCUT2D eigenvalue weighted by molar-refractivity contribution is 5.22. The monoisotopic (exact) mass is 135 g/mol. The van der Waals surface area contributed by atoms with Gasteiger partial charge < -0.3 is 0 Å². The van der Waals surface area contributed by atoms with Crippen LogP contribution in [0.2, 0.25) is 0 Å². The van der Waals surface area contributed by atoms with Crippen molar-refractivity contribution in [2.24, 2.45) is 0 Å². The van der Waals surface area contributed by atoms with E-state index < -0.39 is 0 Å². The van der Waals surface area contributed by atoms with Gasteiger partial charge in [0.25, 0.3) is 5.78 Å². The SMILES string of the molecule is Cc1ncn2ncnc2n1. The van der Waals surface area contributed by atoms with Gasteiger partial charge in [-0.2, -0.15) is 19.6 Å². The Hall–Kier alpha value is -1.52. The molecule has 50 valence electrons. The quantitative estimate of drug-likeness (QED) is 0.503. The van der Waals surface area contributed by atoms with Crippen molar-refractivity contribution in [2.45, 2.75) is 6.92 Å². The van der Waals surface area contributed by atoms with Gasteiger partial charge in [0, 0.05) is 0 Å².